The van der Waals surface area contributed by atoms with Crippen LogP contribution in [0.1, 0.15) is 55.2 Å². The van der Waals surface area contributed by atoms with Gasteiger partial charge in [0.1, 0.15) is 5.76 Å². The number of oxazole rings is 1. The van der Waals surface area contributed by atoms with Gasteiger partial charge in [0.2, 0.25) is 0 Å². The van der Waals surface area contributed by atoms with Gasteiger partial charge >= 0.3 is 0 Å². The van der Waals surface area contributed by atoms with Crippen molar-refractivity contribution in [1.29, 1.82) is 0 Å². The monoisotopic (exact) mass is 319 g/mol. The van der Waals surface area contributed by atoms with E-state index in [2.05, 4.69) is 23.7 Å². The van der Waals surface area contributed by atoms with Gasteiger partial charge in [-0.05, 0) is 38.0 Å². The highest BCUT2D eigenvalue weighted by molar-refractivity contribution is 5.93. The Hall–Kier alpha value is -1.36. The minimum atomic E-state index is 0.0262. The zero-order chi connectivity index (χ0) is 16.6. The van der Waals surface area contributed by atoms with Crippen LogP contribution < -0.4 is 0 Å². The molecule has 2 aliphatic rings. The molecule has 1 amide bonds. The highest BCUT2D eigenvalue weighted by Crippen LogP contribution is 2.32. The zero-order valence-corrected chi connectivity index (χ0v) is 14.8. The van der Waals surface area contributed by atoms with Crippen LogP contribution in [0.25, 0.3) is 0 Å². The predicted molar refractivity (Wildman–Crippen MR) is 89.4 cm³/mol. The van der Waals surface area contributed by atoms with E-state index in [9.17, 15) is 4.79 Å². The molecule has 5 nitrogen and oxygen atoms in total. The Bertz CT molecular complexity index is 563. The van der Waals surface area contributed by atoms with Crippen molar-refractivity contribution >= 4 is 5.91 Å². The Kier molecular flexibility index (Phi) is 4.76. The maximum atomic E-state index is 12.9. The van der Waals surface area contributed by atoms with Gasteiger partial charge in [0.15, 0.2) is 11.6 Å². The van der Waals surface area contributed by atoms with Crippen molar-refractivity contribution in [2.75, 3.05) is 26.2 Å². The van der Waals surface area contributed by atoms with Crippen LogP contribution in [0, 0.1) is 25.7 Å². The van der Waals surface area contributed by atoms with Crippen LogP contribution in [-0.4, -0.2) is 52.9 Å². The molecule has 5 heteroatoms. The van der Waals surface area contributed by atoms with Gasteiger partial charge in [0, 0.05) is 39.1 Å². The summed E-state index contributed by atoms with van der Waals surface area (Å²) in [5.41, 5.74) is 0.487. The second-order valence-electron chi connectivity index (χ2n) is 7.49. The normalized spacial score (nSPS) is 23.3. The van der Waals surface area contributed by atoms with Crippen LogP contribution in [0.3, 0.4) is 0 Å². The molecule has 0 N–H and O–H groups in total. The quantitative estimate of drug-likeness (QED) is 0.856. The summed E-state index contributed by atoms with van der Waals surface area (Å²) in [6.07, 6.45) is 3.79. The smallest absolute Gasteiger partial charge is 0.276 e. The zero-order valence-electron chi connectivity index (χ0n) is 14.8. The van der Waals surface area contributed by atoms with Crippen LogP contribution in [-0.2, 0) is 0 Å². The third-order valence-corrected chi connectivity index (χ3v) is 5.10. The van der Waals surface area contributed by atoms with E-state index in [0.29, 0.717) is 29.3 Å². The molecule has 1 saturated carbocycles. The van der Waals surface area contributed by atoms with Crippen LogP contribution in [0.2, 0.25) is 0 Å². The number of aromatic nitrogens is 1. The SMILES string of the molecule is Cc1nc(C(=O)N2CCCN(CC3CC3)C(C(C)C)C2)c(C)o1. The first-order valence-corrected chi connectivity index (χ1v) is 8.93. The average molecular weight is 319 g/mol. The van der Waals surface area contributed by atoms with E-state index in [-0.39, 0.29) is 5.91 Å². The van der Waals surface area contributed by atoms with E-state index in [0.717, 1.165) is 32.0 Å². The number of hydrogen-bond donors (Lipinski definition) is 0. The third-order valence-electron chi connectivity index (χ3n) is 5.10. The summed E-state index contributed by atoms with van der Waals surface area (Å²) in [6, 6.07) is 0.440. The first-order valence-electron chi connectivity index (χ1n) is 8.93. The van der Waals surface area contributed by atoms with Gasteiger partial charge in [-0.2, -0.15) is 0 Å². The number of carbonyl (C=O) groups is 1. The van der Waals surface area contributed by atoms with E-state index in [1.54, 1.807) is 6.92 Å². The van der Waals surface area contributed by atoms with Gasteiger partial charge in [-0.3, -0.25) is 9.69 Å². The molecule has 0 spiro atoms. The maximum absolute atomic E-state index is 12.9. The molecular formula is C18H29N3O2. The van der Waals surface area contributed by atoms with Gasteiger partial charge in [0.05, 0.1) is 0 Å². The fourth-order valence-corrected chi connectivity index (χ4v) is 3.62. The molecular weight excluding hydrogens is 290 g/mol. The molecule has 3 rings (SSSR count). The van der Waals surface area contributed by atoms with Gasteiger partial charge in [0.25, 0.3) is 5.91 Å². The summed E-state index contributed by atoms with van der Waals surface area (Å²) >= 11 is 0. The van der Waals surface area contributed by atoms with Gasteiger partial charge < -0.3 is 9.32 Å². The Morgan fingerprint density at radius 3 is 2.61 bits per heavy atom. The van der Waals surface area contributed by atoms with Crippen LogP contribution >= 0.6 is 0 Å². The summed E-state index contributed by atoms with van der Waals surface area (Å²) in [5, 5.41) is 0. The van der Waals surface area contributed by atoms with Crippen molar-refractivity contribution < 1.29 is 9.21 Å². The molecule has 23 heavy (non-hydrogen) atoms. The van der Waals surface area contributed by atoms with Crippen molar-refractivity contribution in [2.45, 2.75) is 53.0 Å². The minimum absolute atomic E-state index is 0.0262. The molecule has 0 aromatic carbocycles. The van der Waals surface area contributed by atoms with Crippen molar-refractivity contribution in [1.82, 2.24) is 14.8 Å². The largest absolute Gasteiger partial charge is 0.445 e. The fraction of sp³-hybridized carbons (Fsp3) is 0.778. The summed E-state index contributed by atoms with van der Waals surface area (Å²) in [5.74, 6) is 2.66. The van der Waals surface area contributed by atoms with E-state index in [4.69, 9.17) is 4.42 Å². The van der Waals surface area contributed by atoms with Crippen LogP contribution in [0.15, 0.2) is 4.42 Å². The second kappa shape index (κ2) is 6.63. The molecule has 1 aromatic heterocycles. The molecule has 2 fully saturated rings. The second-order valence-corrected chi connectivity index (χ2v) is 7.49. The van der Waals surface area contributed by atoms with Gasteiger partial charge in [-0.1, -0.05) is 13.8 Å². The summed E-state index contributed by atoms with van der Waals surface area (Å²) in [6.45, 7) is 12.1. The number of carbonyl (C=O) groups excluding carboxylic acids is 1. The molecule has 0 radical (unpaired) electrons. The summed E-state index contributed by atoms with van der Waals surface area (Å²) < 4.78 is 5.44. The molecule has 1 aromatic rings. The lowest BCUT2D eigenvalue weighted by molar-refractivity contribution is 0.0697. The van der Waals surface area contributed by atoms with E-state index < -0.39 is 0 Å². The minimum Gasteiger partial charge on any atom is -0.445 e. The molecule has 1 aliphatic heterocycles. The lowest BCUT2D eigenvalue weighted by Crippen LogP contribution is -2.46. The van der Waals surface area contributed by atoms with Gasteiger partial charge in [-0.15, -0.1) is 0 Å². The van der Waals surface area contributed by atoms with Crippen LogP contribution in [0.5, 0.6) is 0 Å². The molecule has 2 heterocycles. The van der Waals surface area contributed by atoms with E-state index in [1.165, 1.54) is 19.4 Å². The van der Waals surface area contributed by atoms with Crippen molar-refractivity contribution in [2.24, 2.45) is 11.8 Å². The van der Waals surface area contributed by atoms with E-state index >= 15 is 0 Å². The Labute approximate surface area is 139 Å². The standard InChI is InChI=1S/C18H29N3O2/c1-12(2)16-11-21(9-5-8-20(16)10-15-6-7-15)18(22)17-13(3)23-14(4)19-17/h12,15-16H,5-11H2,1-4H3. The topological polar surface area (TPSA) is 49.6 Å². The lowest BCUT2D eigenvalue weighted by atomic mass is 10.0. The summed E-state index contributed by atoms with van der Waals surface area (Å²) in [4.78, 5) is 21.8. The number of amides is 1. The Morgan fingerprint density at radius 1 is 1.30 bits per heavy atom. The average Bonchev–Trinajstić information content (AvgIpc) is 3.26. The Morgan fingerprint density at radius 2 is 2.04 bits per heavy atom. The number of rotatable bonds is 4. The summed E-state index contributed by atoms with van der Waals surface area (Å²) in [7, 11) is 0. The van der Waals surface area contributed by atoms with Crippen molar-refractivity contribution in [3.63, 3.8) is 0 Å². The van der Waals surface area contributed by atoms with Crippen molar-refractivity contribution in [3.8, 4) is 0 Å². The van der Waals surface area contributed by atoms with E-state index in [1.807, 2.05) is 11.8 Å². The third kappa shape index (κ3) is 3.77. The number of hydrogen-bond acceptors (Lipinski definition) is 4. The highest BCUT2D eigenvalue weighted by atomic mass is 16.4. The first-order chi connectivity index (χ1) is 11.0. The number of nitrogens with zero attached hydrogens (tertiary/aromatic N) is 3. The van der Waals surface area contributed by atoms with Crippen LogP contribution in [0.4, 0.5) is 0 Å². The molecule has 1 saturated heterocycles. The highest BCUT2D eigenvalue weighted by Gasteiger charge is 2.34. The molecule has 0 bridgehead atoms. The molecule has 1 unspecified atom stereocenters. The lowest BCUT2D eigenvalue weighted by Gasteiger charge is -2.34. The molecule has 128 valence electrons. The van der Waals surface area contributed by atoms with Gasteiger partial charge in [-0.25, -0.2) is 4.98 Å². The first kappa shape index (κ1) is 16.5. The molecule has 1 atom stereocenters. The Balaban J connectivity index is 1.75. The maximum Gasteiger partial charge on any atom is 0.276 e. The number of aryl methyl sites for hydroxylation is 2. The predicted octanol–water partition coefficient (Wildman–Crippen LogP) is 2.87. The fourth-order valence-electron chi connectivity index (χ4n) is 3.62. The molecule has 1 aliphatic carbocycles. The van der Waals surface area contributed by atoms with Crippen molar-refractivity contribution in [3.05, 3.63) is 17.3 Å².